The zero-order chi connectivity index (χ0) is 18.8. The van der Waals surface area contributed by atoms with Crippen molar-refractivity contribution in [1.29, 1.82) is 0 Å². The monoisotopic (exact) mass is 363 g/mol. The van der Waals surface area contributed by atoms with Gasteiger partial charge in [-0.25, -0.2) is 9.67 Å². The van der Waals surface area contributed by atoms with Crippen LogP contribution in [0.5, 0.6) is 0 Å². The molecular formula is C17H22ClN5O2. The molecule has 0 unspecified atom stereocenters. The van der Waals surface area contributed by atoms with Gasteiger partial charge in [0.25, 0.3) is 5.91 Å². The molecule has 0 bridgehead atoms. The van der Waals surface area contributed by atoms with Crippen molar-refractivity contribution in [2.45, 2.75) is 33.2 Å². The van der Waals surface area contributed by atoms with Gasteiger partial charge in [-0.15, -0.1) is 5.10 Å². The first kappa shape index (κ1) is 18.9. The molecule has 1 heterocycles. The Labute approximate surface area is 152 Å². The highest BCUT2D eigenvalue weighted by atomic mass is 35.5. The van der Waals surface area contributed by atoms with Gasteiger partial charge >= 0.3 is 0 Å². The van der Waals surface area contributed by atoms with Crippen molar-refractivity contribution in [3.05, 3.63) is 40.9 Å². The van der Waals surface area contributed by atoms with Crippen LogP contribution in [-0.2, 0) is 4.79 Å². The van der Waals surface area contributed by atoms with Crippen LogP contribution >= 0.6 is 11.6 Å². The molecule has 7 nitrogen and oxygen atoms in total. The summed E-state index contributed by atoms with van der Waals surface area (Å²) in [6, 6.07) is 7.06. The molecule has 2 aromatic rings. The van der Waals surface area contributed by atoms with Crippen molar-refractivity contribution >= 4 is 23.4 Å². The second kappa shape index (κ2) is 7.23. The lowest BCUT2D eigenvalue weighted by molar-refractivity contribution is -0.122. The summed E-state index contributed by atoms with van der Waals surface area (Å²) >= 11 is 5.89. The third-order valence-electron chi connectivity index (χ3n) is 3.27. The van der Waals surface area contributed by atoms with Crippen LogP contribution in [0.3, 0.4) is 0 Å². The number of hydrogen-bond donors (Lipinski definition) is 1. The van der Waals surface area contributed by atoms with Crippen molar-refractivity contribution in [2.75, 3.05) is 13.6 Å². The summed E-state index contributed by atoms with van der Waals surface area (Å²) < 4.78 is 1.56. The van der Waals surface area contributed by atoms with E-state index in [1.54, 1.807) is 42.9 Å². The molecule has 1 N–H and O–H groups in total. The van der Waals surface area contributed by atoms with E-state index in [0.29, 0.717) is 10.8 Å². The standard InChI is InChI=1S/C17H22ClN5O2/c1-11-19-15(21-23(11)13-8-6-12(18)7-9-13)16(25)22(5)10-14(24)20-17(2,3)4/h6-9H,10H2,1-5H3,(H,20,24). The van der Waals surface area contributed by atoms with Crippen LogP contribution in [0.1, 0.15) is 37.2 Å². The molecule has 0 atom stereocenters. The number of aromatic nitrogens is 3. The molecule has 0 fully saturated rings. The molecule has 1 aromatic carbocycles. The number of amides is 2. The number of aryl methyl sites for hydroxylation is 1. The zero-order valence-electron chi connectivity index (χ0n) is 15.0. The number of rotatable bonds is 4. The number of benzene rings is 1. The number of likely N-dealkylation sites (N-methyl/N-ethyl adjacent to an activating group) is 1. The van der Waals surface area contributed by atoms with Crippen molar-refractivity contribution < 1.29 is 9.59 Å². The minimum absolute atomic E-state index is 0.0403. The zero-order valence-corrected chi connectivity index (χ0v) is 15.8. The van der Waals surface area contributed by atoms with E-state index in [-0.39, 0.29) is 23.8 Å². The Kier molecular flexibility index (Phi) is 5.47. The number of carbonyl (C=O) groups is 2. The van der Waals surface area contributed by atoms with Gasteiger partial charge in [0.15, 0.2) is 0 Å². The van der Waals surface area contributed by atoms with Crippen LogP contribution in [-0.4, -0.2) is 50.6 Å². The Hall–Kier alpha value is -2.41. The van der Waals surface area contributed by atoms with Gasteiger partial charge in [-0.2, -0.15) is 0 Å². The molecule has 0 aliphatic carbocycles. The van der Waals surface area contributed by atoms with E-state index < -0.39 is 5.91 Å². The highest BCUT2D eigenvalue weighted by Crippen LogP contribution is 2.14. The number of nitrogens with zero attached hydrogens (tertiary/aromatic N) is 4. The fourth-order valence-electron chi connectivity index (χ4n) is 2.22. The minimum Gasteiger partial charge on any atom is -0.350 e. The number of halogens is 1. The van der Waals surface area contributed by atoms with Crippen LogP contribution in [0.2, 0.25) is 5.02 Å². The van der Waals surface area contributed by atoms with Gasteiger partial charge in [0.1, 0.15) is 5.82 Å². The fraction of sp³-hybridized carbons (Fsp3) is 0.412. The van der Waals surface area contributed by atoms with Gasteiger partial charge < -0.3 is 10.2 Å². The molecule has 0 aliphatic rings. The van der Waals surface area contributed by atoms with E-state index in [0.717, 1.165) is 5.69 Å². The first-order valence-electron chi connectivity index (χ1n) is 7.83. The highest BCUT2D eigenvalue weighted by molar-refractivity contribution is 6.30. The Morgan fingerprint density at radius 3 is 2.40 bits per heavy atom. The summed E-state index contributed by atoms with van der Waals surface area (Å²) in [5, 5.41) is 7.68. The molecule has 0 radical (unpaired) electrons. The molecule has 25 heavy (non-hydrogen) atoms. The average molecular weight is 364 g/mol. The summed E-state index contributed by atoms with van der Waals surface area (Å²) in [5.74, 6) is -0.0474. The third kappa shape index (κ3) is 5.03. The second-order valence-corrected chi connectivity index (χ2v) is 7.27. The molecule has 0 saturated carbocycles. The van der Waals surface area contributed by atoms with Gasteiger partial charge in [0.05, 0.1) is 12.2 Å². The smallest absolute Gasteiger partial charge is 0.293 e. The minimum atomic E-state index is -0.417. The van der Waals surface area contributed by atoms with E-state index in [4.69, 9.17) is 11.6 Å². The van der Waals surface area contributed by atoms with E-state index >= 15 is 0 Å². The number of hydrogen-bond acceptors (Lipinski definition) is 4. The van der Waals surface area contributed by atoms with Crippen molar-refractivity contribution in [1.82, 2.24) is 25.0 Å². The fourth-order valence-corrected chi connectivity index (χ4v) is 2.35. The van der Waals surface area contributed by atoms with Crippen LogP contribution in [0, 0.1) is 6.92 Å². The quantitative estimate of drug-likeness (QED) is 0.903. The molecule has 134 valence electrons. The maximum atomic E-state index is 12.5. The molecule has 1 aromatic heterocycles. The third-order valence-corrected chi connectivity index (χ3v) is 3.53. The van der Waals surface area contributed by atoms with Crippen molar-refractivity contribution in [2.24, 2.45) is 0 Å². The lowest BCUT2D eigenvalue weighted by Crippen LogP contribution is -2.46. The topological polar surface area (TPSA) is 80.1 Å². The molecule has 8 heteroatoms. The Morgan fingerprint density at radius 1 is 1.24 bits per heavy atom. The first-order chi connectivity index (χ1) is 11.6. The summed E-state index contributed by atoms with van der Waals surface area (Å²) in [6.45, 7) is 7.33. The van der Waals surface area contributed by atoms with Crippen LogP contribution < -0.4 is 5.32 Å². The Balaban J connectivity index is 2.13. The summed E-state index contributed by atoms with van der Waals surface area (Å²) in [4.78, 5) is 30.0. The maximum absolute atomic E-state index is 12.5. The van der Waals surface area contributed by atoms with Gasteiger partial charge in [-0.05, 0) is 52.0 Å². The first-order valence-corrected chi connectivity index (χ1v) is 8.21. The molecule has 0 spiro atoms. The summed E-state index contributed by atoms with van der Waals surface area (Å²) in [7, 11) is 1.54. The predicted octanol–water partition coefficient (Wildman–Crippen LogP) is 2.22. The highest BCUT2D eigenvalue weighted by Gasteiger charge is 2.22. The average Bonchev–Trinajstić information content (AvgIpc) is 2.87. The van der Waals surface area contributed by atoms with Gasteiger partial charge in [-0.3, -0.25) is 9.59 Å². The van der Waals surface area contributed by atoms with Gasteiger partial charge in [0, 0.05) is 17.6 Å². The van der Waals surface area contributed by atoms with Crippen molar-refractivity contribution in [3.8, 4) is 5.69 Å². The maximum Gasteiger partial charge on any atom is 0.293 e. The van der Waals surface area contributed by atoms with Gasteiger partial charge in [0.2, 0.25) is 11.7 Å². The van der Waals surface area contributed by atoms with Crippen molar-refractivity contribution in [3.63, 3.8) is 0 Å². The summed E-state index contributed by atoms with van der Waals surface area (Å²) in [5.41, 5.74) is 0.396. The number of carbonyl (C=O) groups excluding carboxylic acids is 2. The number of nitrogens with one attached hydrogen (secondary N) is 1. The summed E-state index contributed by atoms with van der Waals surface area (Å²) in [6.07, 6.45) is 0. The van der Waals surface area contributed by atoms with E-state index in [1.807, 2.05) is 20.8 Å². The molecule has 0 aliphatic heterocycles. The molecular weight excluding hydrogens is 342 g/mol. The lowest BCUT2D eigenvalue weighted by Gasteiger charge is -2.22. The molecule has 2 amide bonds. The Bertz CT molecular complexity index is 777. The SMILES string of the molecule is Cc1nc(C(=O)N(C)CC(=O)NC(C)(C)C)nn1-c1ccc(Cl)cc1. The normalized spacial score (nSPS) is 11.3. The Morgan fingerprint density at radius 2 is 1.84 bits per heavy atom. The molecule has 2 rings (SSSR count). The second-order valence-electron chi connectivity index (χ2n) is 6.83. The van der Waals surface area contributed by atoms with Crippen LogP contribution in [0.25, 0.3) is 5.69 Å². The van der Waals surface area contributed by atoms with Crippen LogP contribution in [0.4, 0.5) is 0 Å². The van der Waals surface area contributed by atoms with Crippen LogP contribution in [0.15, 0.2) is 24.3 Å². The lowest BCUT2D eigenvalue weighted by atomic mass is 10.1. The predicted molar refractivity (Wildman–Crippen MR) is 96.0 cm³/mol. The van der Waals surface area contributed by atoms with E-state index in [9.17, 15) is 9.59 Å². The van der Waals surface area contributed by atoms with Gasteiger partial charge in [-0.1, -0.05) is 11.6 Å². The van der Waals surface area contributed by atoms with E-state index in [2.05, 4.69) is 15.4 Å². The molecule has 0 saturated heterocycles. The largest absolute Gasteiger partial charge is 0.350 e. The van der Waals surface area contributed by atoms with E-state index in [1.165, 1.54) is 4.90 Å².